The van der Waals surface area contributed by atoms with E-state index in [4.69, 9.17) is 0 Å². The van der Waals surface area contributed by atoms with Gasteiger partial charge in [-0.2, -0.15) is 0 Å². The van der Waals surface area contributed by atoms with Gasteiger partial charge in [0.1, 0.15) is 0 Å². The Morgan fingerprint density at radius 1 is 0.889 bits per heavy atom. The van der Waals surface area contributed by atoms with Crippen molar-refractivity contribution in [3.63, 3.8) is 0 Å². The third kappa shape index (κ3) is 2.60. The Morgan fingerprint density at radius 3 is 2.19 bits per heavy atom. The molecule has 27 heavy (non-hydrogen) atoms. The number of nitrogens with zero attached hydrogens (tertiary/aromatic N) is 4. The van der Waals surface area contributed by atoms with Crippen molar-refractivity contribution in [2.24, 2.45) is 0 Å². The minimum absolute atomic E-state index is 0.00702. The number of carbonyl (C=O) groups is 3. The van der Waals surface area contributed by atoms with Crippen LogP contribution in [0.25, 0.3) is 11.0 Å². The largest absolute Gasteiger partial charge is 0.333 e. The minimum atomic E-state index is -0.0588. The van der Waals surface area contributed by atoms with Crippen molar-refractivity contribution in [2.45, 2.75) is 56.7 Å². The number of fused-ring (bicyclic) bond motifs is 3. The zero-order valence-corrected chi connectivity index (χ0v) is 14.9. The highest BCUT2D eigenvalue weighted by atomic mass is 16.2. The van der Waals surface area contributed by atoms with Crippen LogP contribution in [0.15, 0.2) is 30.6 Å². The summed E-state index contributed by atoms with van der Waals surface area (Å²) in [5, 5.41) is 0. The number of imide groups is 1. The van der Waals surface area contributed by atoms with Crippen molar-refractivity contribution in [1.82, 2.24) is 19.8 Å². The van der Waals surface area contributed by atoms with Gasteiger partial charge in [-0.3, -0.25) is 29.3 Å². The monoisotopic (exact) mass is 364 g/mol. The second-order valence-corrected chi connectivity index (χ2v) is 7.64. The molecule has 2 bridgehead atoms. The van der Waals surface area contributed by atoms with E-state index in [1.165, 1.54) is 4.90 Å². The molecule has 0 aliphatic carbocycles. The van der Waals surface area contributed by atoms with Crippen molar-refractivity contribution in [1.29, 1.82) is 0 Å². The van der Waals surface area contributed by atoms with Crippen LogP contribution in [0.2, 0.25) is 0 Å². The Bertz CT molecular complexity index is 929. The maximum Gasteiger partial charge on any atom is 0.254 e. The molecule has 0 radical (unpaired) electrons. The summed E-state index contributed by atoms with van der Waals surface area (Å²) < 4.78 is 0. The zero-order valence-electron chi connectivity index (χ0n) is 14.9. The zero-order chi connectivity index (χ0) is 18.5. The highest BCUT2D eigenvalue weighted by molar-refractivity contribution is 6.02. The summed E-state index contributed by atoms with van der Waals surface area (Å²) in [5.74, 6) is -0.109. The average molecular weight is 364 g/mol. The topological polar surface area (TPSA) is 83.5 Å². The minimum Gasteiger partial charge on any atom is -0.333 e. The maximum absolute atomic E-state index is 13.2. The van der Waals surface area contributed by atoms with Gasteiger partial charge in [0.2, 0.25) is 11.8 Å². The molecule has 3 aliphatic rings. The van der Waals surface area contributed by atoms with Crippen LogP contribution < -0.4 is 0 Å². The number of benzene rings is 1. The Hall–Kier alpha value is -2.83. The molecule has 2 aromatic rings. The first-order valence-electron chi connectivity index (χ1n) is 9.50. The van der Waals surface area contributed by atoms with E-state index in [1.54, 1.807) is 24.5 Å². The van der Waals surface area contributed by atoms with Crippen molar-refractivity contribution in [3.8, 4) is 0 Å². The molecule has 3 fully saturated rings. The average Bonchev–Trinajstić information content (AvgIpc) is 3.16. The fourth-order valence-electron chi connectivity index (χ4n) is 4.94. The molecule has 1 aromatic heterocycles. The molecule has 0 N–H and O–H groups in total. The van der Waals surface area contributed by atoms with Gasteiger partial charge in [-0.05, 0) is 43.9 Å². The third-order valence-corrected chi connectivity index (χ3v) is 6.11. The molecule has 3 saturated heterocycles. The normalized spacial score (nSPS) is 27.6. The number of rotatable bonds is 2. The number of hydrogen-bond donors (Lipinski definition) is 0. The summed E-state index contributed by atoms with van der Waals surface area (Å²) in [5.41, 5.74) is 2.09. The van der Waals surface area contributed by atoms with Crippen molar-refractivity contribution >= 4 is 28.8 Å². The van der Waals surface area contributed by atoms with Crippen molar-refractivity contribution in [3.05, 3.63) is 36.2 Å². The molecular weight excluding hydrogens is 344 g/mol. The Kier molecular flexibility index (Phi) is 3.70. The van der Waals surface area contributed by atoms with Crippen LogP contribution in [0.5, 0.6) is 0 Å². The molecule has 3 aliphatic heterocycles. The summed E-state index contributed by atoms with van der Waals surface area (Å²) in [6, 6.07) is 5.53. The van der Waals surface area contributed by atoms with Gasteiger partial charge < -0.3 is 4.90 Å². The number of hydrogen-bond acceptors (Lipinski definition) is 5. The predicted molar refractivity (Wildman–Crippen MR) is 96.6 cm³/mol. The van der Waals surface area contributed by atoms with Crippen LogP contribution in [0.3, 0.4) is 0 Å². The van der Waals surface area contributed by atoms with E-state index in [0.29, 0.717) is 36.8 Å². The molecule has 0 saturated carbocycles. The molecule has 7 nitrogen and oxygen atoms in total. The third-order valence-electron chi connectivity index (χ3n) is 6.11. The molecule has 3 amide bonds. The number of carbonyl (C=O) groups excluding carboxylic acids is 3. The van der Waals surface area contributed by atoms with Gasteiger partial charge in [-0.25, -0.2) is 0 Å². The Balaban J connectivity index is 1.39. The first-order valence-corrected chi connectivity index (χ1v) is 9.50. The Morgan fingerprint density at radius 2 is 1.52 bits per heavy atom. The second-order valence-electron chi connectivity index (χ2n) is 7.64. The van der Waals surface area contributed by atoms with Gasteiger partial charge >= 0.3 is 0 Å². The summed E-state index contributed by atoms with van der Waals surface area (Å²) in [4.78, 5) is 49.4. The van der Waals surface area contributed by atoms with Gasteiger partial charge in [0.15, 0.2) is 0 Å². The van der Waals surface area contributed by atoms with Crippen LogP contribution >= 0.6 is 0 Å². The van der Waals surface area contributed by atoms with Crippen LogP contribution in [0.1, 0.15) is 48.9 Å². The Labute approximate surface area is 156 Å². The maximum atomic E-state index is 13.2. The molecule has 1 aromatic carbocycles. The van der Waals surface area contributed by atoms with Gasteiger partial charge in [0, 0.05) is 48.9 Å². The van der Waals surface area contributed by atoms with Gasteiger partial charge in [-0.15, -0.1) is 0 Å². The molecule has 5 rings (SSSR count). The van der Waals surface area contributed by atoms with Crippen LogP contribution in [-0.2, 0) is 9.59 Å². The van der Waals surface area contributed by atoms with Crippen molar-refractivity contribution < 1.29 is 14.4 Å². The lowest BCUT2D eigenvalue weighted by Gasteiger charge is -2.41. The van der Waals surface area contributed by atoms with E-state index in [2.05, 4.69) is 9.97 Å². The molecule has 4 heterocycles. The summed E-state index contributed by atoms with van der Waals surface area (Å²) in [7, 11) is 0. The number of aromatic nitrogens is 2. The van der Waals surface area contributed by atoms with Gasteiger partial charge in [0.25, 0.3) is 5.91 Å². The lowest BCUT2D eigenvalue weighted by molar-refractivity contribution is -0.142. The second kappa shape index (κ2) is 6.11. The van der Waals surface area contributed by atoms with E-state index < -0.39 is 0 Å². The first kappa shape index (κ1) is 16.4. The quantitative estimate of drug-likeness (QED) is 0.760. The van der Waals surface area contributed by atoms with Gasteiger partial charge in [-0.1, -0.05) is 0 Å². The lowest BCUT2D eigenvalue weighted by atomic mass is 9.95. The fourth-order valence-corrected chi connectivity index (χ4v) is 4.94. The van der Waals surface area contributed by atoms with Crippen LogP contribution in [0, 0.1) is 0 Å². The van der Waals surface area contributed by atoms with E-state index in [1.807, 2.05) is 11.0 Å². The van der Waals surface area contributed by atoms with E-state index in [9.17, 15) is 14.4 Å². The van der Waals surface area contributed by atoms with E-state index in [-0.39, 0.29) is 35.8 Å². The highest BCUT2D eigenvalue weighted by Gasteiger charge is 2.47. The van der Waals surface area contributed by atoms with E-state index >= 15 is 0 Å². The summed E-state index contributed by atoms with van der Waals surface area (Å²) in [6.45, 7) is 0. The van der Waals surface area contributed by atoms with Crippen LogP contribution in [-0.4, -0.2) is 55.6 Å². The predicted octanol–water partition coefficient (Wildman–Crippen LogP) is 1.91. The SMILES string of the molecule is O=C1CCC(=O)N1C1CC2CCC(C1)N2C(=O)c1ccc2nccnc2c1. The molecule has 2 atom stereocenters. The van der Waals surface area contributed by atoms with Crippen LogP contribution in [0.4, 0.5) is 0 Å². The number of likely N-dealkylation sites (tertiary alicyclic amines) is 1. The number of amides is 3. The smallest absolute Gasteiger partial charge is 0.254 e. The molecule has 7 heteroatoms. The number of piperidine rings is 1. The van der Waals surface area contributed by atoms with Crippen molar-refractivity contribution in [2.75, 3.05) is 0 Å². The summed E-state index contributed by atoms with van der Waals surface area (Å²) in [6.07, 6.45) is 7.13. The standard InChI is InChI=1S/C20H20N4O3/c25-18-5-6-19(26)24(18)15-10-13-2-3-14(11-15)23(13)20(27)12-1-4-16-17(9-12)22-8-7-21-16/h1,4,7-9,13-15H,2-3,5-6,10-11H2. The van der Waals surface area contributed by atoms with E-state index in [0.717, 1.165) is 18.4 Å². The highest BCUT2D eigenvalue weighted by Crippen LogP contribution is 2.39. The first-order chi connectivity index (χ1) is 13.1. The molecule has 138 valence electrons. The fraction of sp³-hybridized carbons (Fsp3) is 0.450. The summed E-state index contributed by atoms with van der Waals surface area (Å²) >= 11 is 0. The molecule has 0 spiro atoms. The van der Waals surface area contributed by atoms with Gasteiger partial charge in [0.05, 0.1) is 11.0 Å². The molecular formula is C20H20N4O3. The molecule has 2 unspecified atom stereocenters. The lowest BCUT2D eigenvalue weighted by Crippen LogP contribution is -2.53.